The van der Waals surface area contributed by atoms with Gasteiger partial charge in [-0.3, -0.25) is 9.59 Å². The molecule has 0 unspecified atom stereocenters. The van der Waals surface area contributed by atoms with Crippen LogP contribution in [0.15, 0.2) is 0 Å². The molecule has 0 N–H and O–H groups in total. The highest BCUT2D eigenvalue weighted by atomic mass is 16.5. The molecule has 0 amide bonds. The Morgan fingerprint density at radius 2 is 1.29 bits per heavy atom. The Hall–Kier alpha value is -1.06. The van der Waals surface area contributed by atoms with Crippen LogP contribution in [0, 0.1) is 23.2 Å². The maximum Gasteiger partial charge on any atom is 0.309 e. The first kappa shape index (κ1) is 14.0. The van der Waals surface area contributed by atoms with Crippen molar-refractivity contribution in [2.45, 2.75) is 33.6 Å². The van der Waals surface area contributed by atoms with Crippen molar-refractivity contribution in [1.29, 1.82) is 0 Å². The van der Waals surface area contributed by atoms with E-state index in [0.717, 1.165) is 0 Å². The molecule has 0 spiro atoms. The topological polar surface area (TPSA) is 52.6 Å². The van der Waals surface area contributed by atoms with Gasteiger partial charge < -0.3 is 9.47 Å². The van der Waals surface area contributed by atoms with Gasteiger partial charge >= 0.3 is 11.9 Å². The number of hydrogen-bond acceptors (Lipinski definition) is 4. The van der Waals surface area contributed by atoms with E-state index in [1.807, 2.05) is 0 Å². The minimum absolute atomic E-state index is 0.0923. The highest BCUT2D eigenvalue weighted by Gasteiger charge is 2.47. The highest BCUT2D eigenvalue weighted by molar-refractivity contribution is 5.82. The van der Waals surface area contributed by atoms with Crippen LogP contribution in [0.5, 0.6) is 0 Å². The van der Waals surface area contributed by atoms with Gasteiger partial charge in [-0.05, 0) is 24.2 Å². The summed E-state index contributed by atoms with van der Waals surface area (Å²) < 4.78 is 9.55. The van der Waals surface area contributed by atoms with Gasteiger partial charge in [0.25, 0.3) is 0 Å². The van der Waals surface area contributed by atoms with Crippen LogP contribution >= 0.6 is 0 Å². The highest BCUT2D eigenvalue weighted by Crippen LogP contribution is 2.46. The first-order chi connectivity index (χ1) is 7.81. The minimum atomic E-state index is -0.350. The Morgan fingerprint density at radius 1 is 0.941 bits per heavy atom. The summed E-state index contributed by atoms with van der Waals surface area (Å²) in [6, 6.07) is 0. The molecule has 4 heteroatoms. The molecular weight excluding hydrogens is 220 g/mol. The second-order valence-electron chi connectivity index (χ2n) is 5.79. The van der Waals surface area contributed by atoms with Gasteiger partial charge in [0.1, 0.15) is 0 Å². The van der Waals surface area contributed by atoms with Crippen molar-refractivity contribution in [3.63, 3.8) is 0 Å². The first-order valence-electron chi connectivity index (χ1n) is 5.97. The van der Waals surface area contributed by atoms with E-state index in [1.54, 1.807) is 0 Å². The van der Waals surface area contributed by atoms with Crippen LogP contribution in [0.25, 0.3) is 0 Å². The number of carbonyl (C=O) groups excluding carboxylic acids is 2. The Bertz CT molecular complexity index is 279. The molecule has 0 aromatic carbocycles. The van der Waals surface area contributed by atoms with Crippen LogP contribution in [0.2, 0.25) is 0 Å². The fourth-order valence-corrected chi connectivity index (χ4v) is 2.57. The number of rotatable bonds is 2. The van der Waals surface area contributed by atoms with Gasteiger partial charge in [-0.1, -0.05) is 20.8 Å². The Balaban J connectivity index is 2.87. The molecule has 0 heterocycles. The van der Waals surface area contributed by atoms with Crippen LogP contribution < -0.4 is 0 Å². The summed E-state index contributed by atoms with van der Waals surface area (Å²) in [7, 11) is 2.72. The lowest BCUT2D eigenvalue weighted by atomic mass is 9.79. The second-order valence-corrected chi connectivity index (χ2v) is 5.79. The largest absolute Gasteiger partial charge is 0.469 e. The predicted molar refractivity (Wildman–Crippen MR) is 63.2 cm³/mol. The fraction of sp³-hybridized carbons (Fsp3) is 0.846. The summed E-state index contributed by atoms with van der Waals surface area (Å²) in [6.07, 6.45) is 1.41. The average Bonchev–Trinajstić information content (AvgIpc) is 2.71. The quantitative estimate of drug-likeness (QED) is 0.695. The van der Waals surface area contributed by atoms with Crippen molar-refractivity contribution in [1.82, 2.24) is 0 Å². The molecular formula is C13H22O4. The monoisotopic (exact) mass is 242 g/mol. The molecule has 17 heavy (non-hydrogen) atoms. The molecule has 1 aliphatic carbocycles. The third-order valence-electron chi connectivity index (χ3n) is 3.80. The van der Waals surface area contributed by atoms with Gasteiger partial charge in [0.05, 0.1) is 26.1 Å². The third-order valence-corrected chi connectivity index (χ3v) is 3.80. The third kappa shape index (κ3) is 2.99. The van der Waals surface area contributed by atoms with Crippen molar-refractivity contribution in [2.24, 2.45) is 23.2 Å². The van der Waals surface area contributed by atoms with Crippen LogP contribution in [-0.4, -0.2) is 26.2 Å². The summed E-state index contributed by atoms with van der Waals surface area (Å²) in [4.78, 5) is 23.4. The van der Waals surface area contributed by atoms with E-state index in [-0.39, 0.29) is 29.2 Å². The lowest BCUT2D eigenvalue weighted by molar-refractivity contribution is -0.156. The molecule has 0 aromatic heterocycles. The Labute approximate surface area is 103 Å². The van der Waals surface area contributed by atoms with E-state index < -0.39 is 0 Å². The number of hydrogen-bond donors (Lipinski definition) is 0. The van der Waals surface area contributed by atoms with Gasteiger partial charge in [-0.15, -0.1) is 0 Å². The van der Waals surface area contributed by atoms with E-state index in [4.69, 9.17) is 9.47 Å². The molecule has 2 atom stereocenters. The van der Waals surface area contributed by atoms with Crippen molar-refractivity contribution in [2.75, 3.05) is 14.2 Å². The standard InChI is InChI=1S/C13H22O4/c1-13(2,3)8-6-9(11(14)16-4)10(7-8)12(15)17-5/h8-10H,6-7H2,1-5H3/t9-,10-/m1/s1. The van der Waals surface area contributed by atoms with Crippen molar-refractivity contribution in [3.8, 4) is 0 Å². The van der Waals surface area contributed by atoms with E-state index in [0.29, 0.717) is 18.8 Å². The van der Waals surface area contributed by atoms with Gasteiger partial charge in [-0.2, -0.15) is 0 Å². The summed E-state index contributed by atoms with van der Waals surface area (Å²) in [5.74, 6) is -0.955. The summed E-state index contributed by atoms with van der Waals surface area (Å²) in [6.45, 7) is 6.39. The maximum absolute atomic E-state index is 11.7. The molecule has 1 saturated carbocycles. The summed E-state index contributed by atoms with van der Waals surface area (Å²) in [5.41, 5.74) is 0.0923. The maximum atomic E-state index is 11.7. The molecule has 0 radical (unpaired) electrons. The zero-order valence-corrected chi connectivity index (χ0v) is 11.3. The SMILES string of the molecule is COC(=O)[C@@H]1CC(C(C)(C)C)C[C@H]1C(=O)OC. The Kier molecular flexibility index (Phi) is 4.17. The van der Waals surface area contributed by atoms with Crippen molar-refractivity contribution < 1.29 is 19.1 Å². The summed E-state index contributed by atoms with van der Waals surface area (Å²) in [5, 5.41) is 0. The van der Waals surface area contributed by atoms with Gasteiger partial charge in [0.2, 0.25) is 0 Å². The number of ether oxygens (including phenoxy) is 2. The van der Waals surface area contributed by atoms with Crippen LogP contribution in [0.3, 0.4) is 0 Å². The molecule has 0 aliphatic heterocycles. The van der Waals surface area contributed by atoms with Crippen LogP contribution in [-0.2, 0) is 19.1 Å². The van der Waals surface area contributed by atoms with E-state index in [1.165, 1.54) is 14.2 Å². The Morgan fingerprint density at radius 3 is 1.53 bits per heavy atom. The molecule has 98 valence electrons. The van der Waals surface area contributed by atoms with Crippen molar-refractivity contribution in [3.05, 3.63) is 0 Å². The number of esters is 2. The number of carbonyl (C=O) groups is 2. The van der Waals surface area contributed by atoms with Crippen molar-refractivity contribution >= 4 is 11.9 Å². The number of methoxy groups -OCH3 is 2. The zero-order valence-electron chi connectivity index (χ0n) is 11.3. The molecule has 1 rings (SSSR count). The first-order valence-corrected chi connectivity index (χ1v) is 5.97. The van der Waals surface area contributed by atoms with E-state index in [2.05, 4.69) is 20.8 Å². The van der Waals surface area contributed by atoms with Gasteiger partial charge in [0, 0.05) is 0 Å². The lowest BCUT2D eigenvalue weighted by Crippen LogP contribution is -2.27. The molecule has 0 bridgehead atoms. The van der Waals surface area contributed by atoms with E-state index >= 15 is 0 Å². The fourth-order valence-electron chi connectivity index (χ4n) is 2.57. The van der Waals surface area contributed by atoms with Gasteiger partial charge in [0.15, 0.2) is 0 Å². The summed E-state index contributed by atoms with van der Waals surface area (Å²) >= 11 is 0. The molecule has 1 fully saturated rings. The van der Waals surface area contributed by atoms with Gasteiger partial charge in [-0.25, -0.2) is 0 Å². The molecule has 0 saturated heterocycles. The predicted octanol–water partition coefficient (Wildman–Crippen LogP) is 2.02. The molecule has 0 aromatic rings. The van der Waals surface area contributed by atoms with Crippen LogP contribution in [0.4, 0.5) is 0 Å². The normalized spacial score (nSPS) is 25.7. The average molecular weight is 242 g/mol. The smallest absolute Gasteiger partial charge is 0.309 e. The molecule has 1 aliphatic rings. The lowest BCUT2D eigenvalue weighted by Gasteiger charge is -2.26. The second kappa shape index (κ2) is 5.07. The molecule has 4 nitrogen and oxygen atoms in total. The van der Waals surface area contributed by atoms with E-state index in [9.17, 15) is 9.59 Å². The minimum Gasteiger partial charge on any atom is -0.469 e. The zero-order chi connectivity index (χ0) is 13.2. The van der Waals surface area contributed by atoms with Crippen LogP contribution in [0.1, 0.15) is 33.6 Å².